The Labute approximate surface area is 173 Å². The molecule has 1 aromatic carbocycles. The molecule has 2 aliphatic heterocycles. The zero-order valence-electron chi connectivity index (χ0n) is 17.7. The number of carbonyl (C=O) groups is 2. The molecule has 0 aliphatic carbocycles. The van der Waals surface area contributed by atoms with Gasteiger partial charge in [-0.3, -0.25) is 14.6 Å². The lowest BCUT2D eigenvalue weighted by molar-refractivity contribution is -0.132. The van der Waals surface area contributed by atoms with E-state index >= 15 is 0 Å². The molecule has 158 valence electrons. The number of benzene rings is 1. The minimum Gasteiger partial charge on any atom is -0.357 e. The second-order valence-electron chi connectivity index (χ2n) is 7.67. The van der Waals surface area contributed by atoms with Gasteiger partial charge in [-0.2, -0.15) is 0 Å². The maximum absolute atomic E-state index is 12.6. The van der Waals surface area contributed by atoms with Crippen molar-refractivity contribution in [3.63, 3.8) is 0 Å². The van der Waals surface area contributed by atoms with Gasteiger partial charge < -0.3 is 20.0 Å². The van der Waals surface area contributed by atoms with Crippen molar-refractivity contribution in [2.75, 3.05) is 45.8 Å². The third kappa shape index (κ3) is 5.71. The predicted octanol–water partition coefficient (Wildman–Crippen LogP) is 1.48. The number of rotatable bonds is 5. The summed E-state index contributed by atoms with van der Waals surface area (Å²) >= 11 is 0. The fourth-order valence-electron chi connectivity index (χ4n) is 3.94. The first-order valence-electron chi connectivity index (χ1n) is 10.7. The van der Waals surface area contributed by atoms with E-state index in [9.17, 15) is 9.59 Å². The topological polar surface area (TPSA) is 68.2 Å². The van der Waals surface area contributed by atoms with Crippen LogP contribution in [-0.2, 0) is 22.6 Å². The van der Waals surface area contributed by atoms with Gasteiger partial charge in [0.25, 0.3) is 0 Å². The minimum absolute atomic E-state index is 0.130. The first-order valence-corrected chi connectivity index (χ1v) is 10.7. The van der Waals surface area contributed by atoms with E-state index in [1.165, 1.54) is 11.1 Å². The van der Waals surface area contributed by atoms with Crippen LogP contribution in [0.3, 0.4) is 0 Å². The van der Waals surface area contributed by atoms with Crippen molar-refractivity contribution in [2.24, 2.45) is 4.99 Å². The lowest BCUT2D eigenvalue weighted by Crippen LogP contribution is -2.53. The molecule has 2 amide bonds. The van der Waals surface area contributed by atoms with Gasteiger partial charge in [0.15, 0.2) is 5.96 Å². The summed E-state index contributed by atoms with van der Waals surface area (Å²) < 4.78 is 0. The van der Waals surface area contributed by atoms with Crippen molar-refractivity contribution < 1.29 is 9.59 Å². The Bertz CT molecular complexity index is 740. The fraction of sp³-hybridized carbons (Fsp3) is 0.591. The highest BCUT2D eigenvalue weighted by molar-refractivity contribution is 5.81. The second-order valence-corrected chi connectivity index (χ2v) is 7.67. The van der Waals surface area contributed by atoms with Gasteiger partial charge in [0, 0.05) is 65.7 Å². The van der Waals surface area contributed by atoms with Crippen molar-refractivity contribution in [3.05, 3.63) is 35.4 Å². The molecular weight excluding hydrogens is 366 g/mol. The molecule has 3 rings (SSSR count). The maximum atomic E-state index is 12.6. The van der Waals surface area contributed by atoms with Gasteiger partial charge in [0.1, 0.15) is 0 Å². The van der Waals surface area contributed by atoms with Crippen LogP contribution >= 0.6 is 0 Å². The van der Waals surface area contributed by atoms with Crippen LogP contribution in [0.4, 0.5) is 0 Å². The Balaban J connectivity index is 1.45. The predicted molar refractivity (Wildman–Crippen MR) is 115 cm³/mol. The standard InChI is InChI=1S/C22H33N5O2/c1-3-23-22(26-15-13-25(14-16-26)18(2)28)24-11-6-9-21(29)27-12-10-19-7-4-5-8-20(19)17-27/h4-5,7-8H,3,6,9-17H2,1-2H3,(H,23,24). The van der Waals surface area contributed by atoms with E-state index in [1.807, 2.05) is 15.9 Å². The van der Waals surface area contributed by atoms with Crippen LogP contribution in [0, 0.1) is 0 Å². The van der Waals surface area contributed by atoms with E-state index in [0.29, 0.717) is 13.0 Å². The van der Waals surface area contributed by atoms with Crippen molar-refractivity contribution in [3.8, 4) is 0 Å². The average molecular weight is 400 g/mol. The van der Waals surface area contributed by atoms with Gasteiger partial charge in [-0.25, -0.2) is 0 Å². The van der Waals surface area contributed by atoms with E-state index < -0.39 is 0 Å². The highest BCUT2D eigenvalue weighted by Crippen LogP contribution is 2.19. The van der Waals surface area contributed by atoms with E-state index in [2.05, 4.69) is 35.3 Å². The number of hydrogen-bond acceptors (Lipinski definition) is 3. The Morgan fingerprint density at radius 1 is 1.00 bits per heavy atom. The van der Waals surface area contributed by atoms with Crippen LogP contribution in [0.2, 0.25) is 0 Å². The summed E-state index contributed by atoms with van der Waals surface area (Å²) in [7, 11) is 0. The molecule has 2 aliphatic rings. The lowest BCUT2D eigenvalue weighted by Gasteiger charge is -2.36. The van der Waals surface area contributed by atoms with Crippen LogP contribution in [0.15, 0.2) is 29.3 Å². The summed E-state index contributed by atoms with van der Waals surface area (Å²) in [6.07, 6.45) is 2.22. The van der Waals surface area contributed by atoms with Gasteiger partial charge in [0.05, 0.1) is 0 Å². The van der Waals surface area contributed by atoms with E-state index in [0.717, 1.165) is 64.6 Å². The number of amides is 2. The number of nitrogens with one attached hydrogen (secondary N) is 1. The Hall–Kier alpha value is -2.57. The SMILES string of the molecule is CCNC(=NCCCC(=O)N1CCc2ccccc2C1)N1CCN(C(C)=O)CC1. The minimum atomic E-state index is 0.130. The molecule has 1 saturated heterocycles. The molecule has 0 aromatic heterocycles. The van der Waals surface area contributed by atoms with Crippen LogP contribution in [0.5, 0.6) is 0 Å². The van der Waals surface area contributed by atoms with Gasteiger partial charge in [0.2, 0.25) is 11.8 Å². The number of fused-ring (bicyclic) bond motifs is 1. The molecule has 0 unspecified atom stereocenters. The van der Waals surface area contributed by atoms with Crippen molar-refractivity contribution in [1.29, 1.82) is 0 Å². The van der Waals surface area contributed by atoms with Crippen molar-refractivity contribution in [1.82, 2.24) is 20.0 Å². The molecule has 7 heteroatoms. The Morgan fingerprint density at radius 2 is 1.69 bits per heavy atom. The molecule has 2 heterocycles. The quantitative estimate of drug-likeness (QED) is 0.463. The highest BCUT2D eigenvalue weighted by Gasteiger charge is 2.21. The van der Waals surface area contributed by atoms with Crippen LogP contribution in [0.1, 0.15) is 37.8 Å². The number of guanidine groups is 1. The highest BCUT2D eigenvalue weighted by atomic mass is 16.2. The summed E-state index contributed by atoms with van der Waals surface area (Å²) in [5, 5.41) is 3.34. The maximum Gasteiger partial charge on any atom is 0.222 e. The Morgan fingerprint density at radius 3 is 2.38 bits per heavy atom. The smallest absolute Gasteiger partial charge is 0.222 e. The van der Waals surface area contributed by atoms with E-state index in [-0.39, 0.29) is 11.8 Å². The van der Waals surface area contributed by atoms with Gasteiger partial charge in [-0.15, -0.1) is 0 Å². The number of hydrogen-bond donors (Lipinski definition) is 1. The Kier molecular flexibility index (Phi) is 7.49. The lowest BCUT2D eigenvalue weighted by atomic mass is 9.99. The average Bonchev–Trinajstić information content (AvgIpc) is 2.75. The summed E-state index contributed by atoms with van der Waals surface area (Å²) in [6, 6.07) is 8.38. The monoisotopic (exact) mass is 399 g/mol. The van der Waals surface area contributed by atoms with Crippen LogP contribution < -0.4 is 5.32 Å². The third-order valence-corrected chi connectivity index (χ3v) is 5.65. The zero-order chi connectivity index (χ0) is 20.6. The first-order chi connectivity index (χ1) is 14.1. The largest absolute Gasteiger partial charge is 0.357 e. The third-order valence-electron chi connectivity index (χ3n) is 5.65. The zero-order valence-corrected chi connectivity index (χ0v) is 17.7. The van der Waals surface area contributed by atoms with Crippen molar-refractivity contribution in [2.45, 2.75) is 39.7 Å². The summed E-state index contributed by atoms with van der Waals surface area (Å²) in [6.45, 7) is 9.68. The normalized spacial score (nSPS) is 17.2. The summed E-state index contributed by atoms with van der Waals surface area (Å²) in [4.78, 5) is 34.9. The second kappa shape index (κ2) is 10.3. The molecule has 1 aromatic rings. The van der Waals surface area contributed by atoms with Crippen molar-refractivity contribution >= 4 is 17.8 Å². The van der Waals surface area contributed by atoms with E-state index in [4.69, 9.17) is 4.99 Å². The van der Waals surface area contributed by atoms with Gasteiger partial charge in [-0.1, -0.05) is 24.3 Å². The molecule has 7 nitrogen and oxygen atoms in total. The van der Waals surface area contributed by atoms with E-state index in [1.54, 1.807) is 6.92 Å². The molecule has 1 N–H and O–H groups in total. The molecular formula is C22H33N5O2. The van der Waals surface area contributed by atoms with Crippen LogP contribution in [-0.4, -0.2) is 78.3 Å². The molecule has 29 heavy (non-hydrogen) atoms. The van der Waals surface area contributed by atoms with Crippen LogP contribution in [0.25, 0.3) is 0 Å². The molecule has 0 spiro atoms. The molecule has 0 atom stereocenters. The van der Waals surface area contributed by atoms with Gasteiger partial charge in [-0.05, 0) is 30.9 Å². The fourth-order valence-corrected chi connectivity index (χ4v) is 3.94. The number of aliphatic imine (C=N–C) groups is 1. The molecule has 0 radical (unpaired) electrons. The summed E-state index contributed by atoms with van der Waals surface area (Å²) in [5.74, 6) is 1.23. The van der Waals surface area contributed by atoms with Gasteiger partial charge >= 0.3 is 0 Å². The molecule has 0 bridgehead atoms. The molecule has 0 saturated carbocycles. The summed E-state index contributed by atoms with van der Waals surface area (Å²) in [5.41, 5.74) is 2.63. The number of nitrogens with zero attached hydrogens (tertiary/aromatic N) is 4. The number of piperazine rings is 1. The first kappa shape index (κ1) is 21.1. The molecule has 1 fully saturated rings. The number of carbonyl (C=O) groups excluding carboxylic acids is 2.